The molecule has 0 unspecified atom stereocenters. The van der Waals surface area contributed by atoms with Gasteiger partial charge in [-0.25, -0.2) is 0 Å². The van der Waals surface area contributed by atoms with E-state index in [2.05, 4.69) is 62.2 Å². The van der Waals surface area contributed by atoms with Crippen LogP contribution >= 0.6 is 31.9 Å². The monoisotopic (exact) mass is 521 g/mol. The lowest BCUT2D eigenvalue weighted by Gasteiger charge is -2.42. The highest BCUT2D eigenvalue weighted by molar-refractivity contribution is 9.10. The van der Waals surface area contributed by atoms with E-state index in [0.717, 1.165) is 48.6 Å². The number of hydrogen-bond acceptors (Lipinski definition) is 2. The first-order valence-corrected chi connectivity index (χ1v) is 11.2. The number of hydrogen-bond donors (Lipinski definition) is 0. The minimum atomic E-state index is -0.516. The van der Waals surface area contributed by atoms with Crippen molar-refractivity contribution in [1.29, 1.82) is 0 Å². The van der Waals surface area contributed by atoms with E-state index in [1.807, 2.05) is 54.6 Å². The number of fused-ring (bicyclic) bond motifs is 3. The van der Waals surface area contributed by atoms with E-state index in [9.17, 15) is 4.79 Å². The molecule has 0 fully saturated rings. The van der Waals surface area contributed by atoms with E-state index in [4.69, 9.17) is 4.74 Å². The van der Waals surface area contributed by atoms with Crippen molar-refractivity contribution < 1.29 is 9.53 Å². The van der Waals surface area contributed by atoms with Gasteiger partial charge in [-0.05, 0) is 46.7 Å². The summed E-state index contributed by atoms with van der Waals surface area (Å²) in [4.78, 5) is 14.2. The Hall–Kier alpha value is -2.63. The van der Waals surface area contributed by atoms with Gasteiger partial charge < -0.3 is 4.74 Å². The second kappa shape index (κ2) is 7.89. The van der Waals surface area contributed by atoms with E-state index in [1.54, 1.807) is 4.90 Å². The van der Waals surface area contributed by atoms with Crippen molar-refractivity contribution in [1.82, 2.24) is 4.90 Å². The minimum absolute atomic E-state index is 0.265. The van der Waals surface area contributed by atoms with Crippen LogP contribution in [0.1, 0.15) is 29.0 Å². The second-order valence-corrected chi connectivity index (χ2v) is 9.06. The van der Waals surface area contributed by atoms with Crippen LogP contribution in [0.4, 0.5) is 0 Å². The molecule has 30 heavy (non-hydrogen) atoms. The number of amides is 1. The first kappa shape index (κ1) is 19.3. The molecule has 0 saturated heterocycles. The van der Waals surface area contributed by atoms with Gasteiger partial charge in [0.1, 0.15) is 5.75 Å². The minimum Gasteiger partial charge on any atom is -0.466 e. The molecule has 5 heteroatoms. The Bertz CT molecular complexity index is 1220. The number of carbonyl (C=O) groups is 1. The summed E-state index contributed by atoms with van der Waals surface area (Å²) in [5.74, 6) is 0.799. The summed E-state index contributed by atoms with van der Waals surface area (Å²) < 4.78 is 8.40. The van der Waals surface area contributed by atoms with Crippen molar-refractivity contribution in [3.8, 4) is 5.75 Å². The molecular weight excluding hydrogens is 506 g/mol. The zero-order chi connectivity index (χ0) is 20.7. The van der Waals surface area contributed by atoms with Gasteiger partial charge in [0.05, 0.1) is 6.04 Å². The third-order valence-electron chi connectivity index (χ3n) is 5.47. The largest absolute Gasteiger partial charge is 0.466 e. The van der Waals surface area contributed by atoms with Gasteiger partial charge in [-0.3, -0.25) is 9.69 Å². The van der Waals surface area contributed by atoms with Crippen LogP contribution in [-0.4, -0.2) is 11.3 Å². The summed E-state index contributed by atoms with van der Waals surface area (Å²) in [7, 11) is 0. The molecule has 148 valence electrons. The normalized spacial score (nSPS) is 18.0. The highest BCUT2D eigenvalue weighted by Gasteiger charge is 2.38. The molecule has 1 amide bonds. The fourth-order valence-electron chi connectivity index (χ4n) is 4.09. The lowest BCUT2D eigenvalue weighted by atomic mass is 9.90. The van der Waals surface area contributed by atoms with Crippen molar-refractivity contribution in [2.45, 2.75) is 12.3 Å². The van der Waals surface area contributed by atoms with Crippen LogP contribution in [-0.2, 0) is 4.79 Å². The molecule has 0 saturated carbocycles. The van der Waals surface area contributed by atoms with E-state index in [1.165, 1.54) is 0 Å². The number of carbonyl (C=O) groups excluding carboxylic acids is 1. The summed E-state index contributed by atoms with van der Waals surface area (Å²) in [5.41, 5.74) is 2.97. The maximum Gasteiger partial charge on any atom is 0.213 e. The van der Waals surface area contributed by atoms with Crippen molar-refractivity contribution in [2.24, 2.45) is 0 Å². The summed E-state index contributed by atoms with van der Waals surface area (Å²) in [5, 5.41) is 2.21. The molecule has 0 N–H and O–H groups in total. The molecule has 2 atom stereocenters. The van der Waals surface area contributed by atoms with E-state index in [0.29, 0.717) is 0 Å². The zero-order valence-electron chi connectivity index (χ0n) is 15.8. The molecule has 5 rings (SSSR count). The van der Waals surface area contributed by atoms with Gasteiger partial charge in [-0.15, -0.1) is 0 Å². The topological polar surface area (TPSA) is 29.5 Å². The van der Waals surface area contributed by atoms with Crippen molar-refractivity contribution in [2.75, 3.05) is 0 Å². The van der Waals surface area contributed by atoms with Gasteiger partial charge in [0.15, 0.2) is 0 Å². The average molecular weight is 523 g/mol. The van der Waals surface area contributed by atoms with Crippen LogP contribution in [0.3, 0.4) is 0 Å². The van der Waals surface area contributed by atoms with Gasteiger partial charge >= 0.3 is 0 Å². The molecule has 3 nitrogen and oxygen atoms in total. The van der Waals surface area contributed by atoms with Crippen LogP contribution in [0.15, 0.2) is 93.9 Å². The summed E-state index contributed by atoms with van der Waals surface area (Å²) in [6, 6.07) is 28.1. The SMILES string of the molecule is O=CN1[C@H](c2ccc(Br)cc2)c2c(ccc3ccccc23)O[C@H]1c1ccc(Br)cc1. The van der Waals surface area contributed by atoms with Crippen LogP contribution in [0.2, 0.25) is 0 Å². The van der Waals surface area contributed by atoms with Crippen molar-refractivity contribution in [3.63, 3.8) is 0 Å². The molecule has 0 bridgehead atoms. The van der Waals surface area contributed by atoms with Crippen LogP contribution in [0.25, 0.3) is 10.8 Å². The molecule has 0 aromatic heterocycles. The number of ether oxygens (including phenoxy) is 1. The Morgan fingerprint density at radius 2 is 1.40 bits per heavy atom. The maximum absolute atomic E-state index is 12.4. The predicted octanol–water partition coefficient (Wildman–Crippen LogP) is 7.00. The number of rotatable bonds is 3. The molecule has 1 aliphatic heterocycles. The van der Waals surface area contributed by atoms with Crippen LogP contribution in [0.5, 0.6) is 5.75 Å². The fraction of sp³-hybridized carbons (Fsp3) is 0.0800. The molecule has 0 spiro atoms. The molecule has 1 heterocycles. The Morgan fingerprint density at radius 1 is 0.767 bits per heavy atom. The van der Waals surface area contributed by atoms with E-state index >= 15 is 0 Å². The first-order valence-electron chi connectivity index (χ1n) is 9.57. The molecular formula is C25H17Br2NO2. The Balaban J connectivity index is 1.76. The van der Waals surface area contributed by atoms with E-state index < -0.39 is 6.23 Å². The molecule has 4 aromatic rings. The highest BCUT2D eigenvalue weighted by Crippen LogP contribution is 2.47. The smallest absolute Gasteiger partial charge is 0.213 e. The Labute approximate surface area is 191 Å². The van der Waals surface area contributed by atoms with Gasteiger partial charge in [-0.1, -0.05) is 86.5 Å². The van der Waals surface area contributed by atoms with Crippen LogP contribution < -0.4 is 4.74 Å². The quantitative estimate of drug-likeness (QED) is 0.271. The van der Waals surface area contributed by atoms with Crippen LogP contribution in [0, 0.1) is 0 Å². The third-order valence-corrected chi connectivity index (χ3v) is 6.53. The van der Waals surface area contributed by atoms with Crippen molar-refractivity contribution >= 4 is 49.0 Å². The Morgan fingerprint density at radius 3 is 2.07 bits per heavy atom. The fourth-order valence-corrected chi connectivity index (χ4v) is 4.62. The molecule has 0 radical (unpaired) electrons. The lowest BCUT2D eigenvalue weighted by Crippen LogP contribution is -2.39. The van der Waals surface area contributed by atoms with Gasteiger partial charge in [0, 0.05) is 20.1 Å². The standard InChI is InChI=1S/C25H17Br2NO2/c26-19-10-5-17(6-11-19)24-23-21-4-2-1-3-16(21)9-14-22(23)30-25(28(24)15-29)18-7-12-20(27)13-8-18/h1-15,24-25H/t24-,25+/m1/s1. The summed E-state index contributed by atoms with van der Waals surface area (Å²) in [6.07, 6.45) is 0.377. The van der Waals surface area contributed by atoms with E-state index in [-0.39, 0.29) is 6.04 Å². The zero-order valence-corrected chi connectivity index (χ0v) is 19.0. The molecule has 0 aliphatic carbocycles. The van der Waals surface area contributed by atoms with Gasteiger partial charge in [0.2, 0.25) is 12.6 Å². The lowest BCUT2D eigenvalue weighted by molar-refractivity contribution is -0.131. The Kier molecular flexibility index (Phi) is 5.09. The molecule has 4 aromatic carbocycles. The maximum atomic E-state index is 12.4. The average Bonchev–Trinajstić information content (AvgIpc) is 2.79. The van der Waals surface area contributed by atoms with Gasteiger partial charge in [0.25, 0.3) is 0 Å². The number of nitrogens with zero attached hydrogens (tertiary/aromatic N) is 1. The second-order valence-electron chi connectivity index (χ2n) is 7.23. The summed E-state index contributed by atoms with van der Waals surface area (Å²) >= 11 is 7.00. The first-order chi connectivity index (χ1) is 14.7. The predicted molar refractivity (Wildman–Crippen MR) is 125 cm³/mol. The third kappa shape index (κ3) is 3.32. The molecule has 1 aliphatic rings. The highest BCUT2D eigenvalue weighted by atomic mass is 79.9. The number of benzene rings is 4. The van der Waals surface area contributed by atoms with Crippen molar-refractivity contribution in [3.05, 3.63) is 111 Å². The summed E-state index contributed by atoms with van der Waals surface area (Å²) in [6.45, 7) is 0. The van der Waals surface area contributed by atoms with Gasteiger partial charge in [-0.2, -0.15) is 0 Å². The number of halogens is 2.